The average molecular weight is 254 g/mol. The van der Waals surface area contributed by atoms with Crippen LogP contribution in [0.3, 0.4) is 0 Å². The van der Waals surface area contributed by atoms with Gasteiger partial charge < -0.3 is 10.1 Å². The van der Waals surface area contributed by atoms with Crippen LogP contribution < -0.4 is 10.1 Å². The molecule has 1 N–H and O–H groups in total. The van der Waals surface area contributed by atoms with Gasteiger partial charge in [-0.2, -0.15) is 0 Å². The van der Waals surface area contributed by atoms with Crippen molar-refractivity contribution in [1.82, 2.24) is 5.32 Å². The van der Waals surface area contributed by atoms with Crippen LogP contribution in [0.15, 0.2) is 18.2 Å². The normalized spacial score (nSPS) is 26.4. The van der Waals surface area contributed by atoms with Gasteiger partial charge in [0.2, 0.25) is 0 Å². The summed E-state index contributed by atoms with van der Waals surface area (Å²) in [5.74, 6) is 0.805. The highest BCUT2D eigenvalue weighted by Crippen LogP contribution is 2.43. The minimum atomic E-state index is 0.155. The number of hydrogen-bond acceptors (Lipinski definition) is 2. The Bertz CT molecular complexity index is 417. The molecule has 0 radical (unpaired) electrons. The highest BCUT2D eigenvalue weighted by molar-refractivity contribution is 6.32. The molecule has 0 amide bonds. The number of aryl methyl sites for hydroxylation is 1. The number of hydrogen-bond donors (Lipinski definition) is 1. The monoisotopic (exact) mass is 253 g/mol. The lowest BCUT2D eigenvalue weighted by molar-refractivity contribution is -0.0520. The Morgan fingerprint density at radius 3 is 2.71 bits per heavy atom. The van der Waals surface area contributed by atoms with Crippen LogP contribution in [0.5, 0.6) is 5.75 Å². The maximum absolute atomic E-state index is 6.14. The zero-order valence-electron chi connectivity index (χ0n) is 10.9. The Morgan fingerprint density at radius 2 is 2.12 bits per heavy atom. The summed E-state index contributed by atoms with van der Waals surface area (Å²) in [6.07, 6.45) is 1.27. The van der Waals surface area contributed by atoms with Gasteiger partial charge in [-0.3, -0.25) is 0 Å². The molecular formula is C14H20ClNO. The standard InChI is InChI=1S/C14H20ClNO/c1-9-5-6-10(15)11(7-9)17-13-8-12(16-4)14(13,2)3/h5-7,12-13,16H,8H2,1-4H3. The minimum absolute atomic E-state index is 0.155. The number of ether oxygens (including phenoxy) is 1. The molecule has 0 bridgehead atoms. The molecule has 0 aromatic heterocycles. The van der Waals surface area contributed by atoms with Crippen LogP contribution in [0.2, 0.25) is 5.02 Å². The fraction of sp³-hybridized carbons (Fsp3) is 0.571. The van der Waals surface area contributed by atoms with Crippen LogP contribution in [0.25, 0.3) is 0 Å². The first-order chi connectivity index (χ1) is 7.95. The predicted octanol–water partition coefficient (Wildman–Crippen LogP) is 3.41. The summed E-state index contributed by atoms with van der Waals surface area (Å²) in [6, 6.07) is 6.42. The third-order valence-corrected chi connectivity index (χ3v) is 4.19. The van der Waals surface area contributed by atoms with Crippen LogP contribution >= 0.6 is 11.6 Å². The maximum Gasteiger partial charge on any atom is 0.138 e. The molecule has 0 spiro atoms. The first-order valence-corrected chi connectivity index (χ1v) is 6.43. The van der Waals surface area contributed by atoms with E-state index in [4.69, 9.17) is 16.3 Å². The van der Waals surface area contributed by atoms with E-state index in [9.17, 15) is 0 Å². The Labute approximate surface area is 108 Å². The number of rotatable bonds is 3. The molecule has 3 heteroatoms. The van der Waals surface area contributed by atoms with E-state index in [1.165, 1.54) is 5.56 Å². The molecule has 94 valence electrons. The highest BCUT2D eigenvalue weighted by Gasteiger charge is 2.49. The molecule has 1 aromatic rings. The van der Waals surface area contributed by atoms with E-state index in [-0.39, 0.29) is 11.5 Å². The van der Waals surface area contributed by atoms with Crippen molar-refractivity contribution < 1.29 is 4.74 Å². The van der Waals surface area contributed by atoms with E-state index in [1.807, 2.05) is 32.2 Å². The van der Waals surface area contributed by atoms with E-state index in [0.29, 0.717) is 11.1 Å². The molecule has 0 heterocycles. The van der Waals surface area contributed by atoms with E-state index in [2.05, 4.69) is 19.2 Å². The quantitative estimate of drug-likeness (QED) is 0.891. The van der Waals surface area contributed by atoms with Crippen molar-refractivity contribution in [3.8, 4) is 5.75 Å². The third kappa shape index (κ3) is 2.29. The fourth-order valence-electron chi connectivity index (χ4n) is 2.43. The number of nitrogens with one attached hydrogen (secondary N) is 1. The summed E-state index contributed by atoms with van der Waals surface area (Å²) in [5.41, 5.74) is 1.33. The Morgan fingerprint density at radius 1 is 1.41 bits per heavy atom. The van der Waals surface area contributed by atoms with Gasteiger partial charge in [0, 0.05) is 17.9 Å². The lowest BCUT2D eigenvalue weighted by Gasteiger charge is -2.51. The minimum Gasteiger partial charge on any atom is -0.488 e. The topological polar surface area (TPSA) is 21.3 Å². The summed E-state index contributed by atoms with van der Waals surface area (Å²) in [7, 11) is 2.00. The first-order valence-electron chi connectivity index (χ1n) is 6.05. The average Bonchev–Trinajstić information content (AvgIpc) is 2.28. The van der Waals surface area contributed by atoms with Gasteiger partial charge >= 0.3 is 0 Å². The van der Waals surface area contributed by atoms with E-state index >= 15 is 0 Å². The van der Waals surface area contributed by atoms with Crippen molar-refractivity contribution in [1.29, 1.82) is 0 Å². The lowest BCUT2D eigenvalue weighted by atomic mass is 9.64. The zero-order chi connectivity index (χ0) is 12.6. The van der Waals surface area contributed by atoms with Crippen LogP contribution in [0.4, 0.5) is 0 Å². The summed E-state index contributed by atoms with van der Waals surface area (Å²) in [4.78, 5) is 0. The Hall–Kier alpha value is -0.730. The molecule has 1 aliphatic rings. The summed E-state index contributed by atoms with van der Waals surface area (Å²) < 4.78 is 6.04. The molecular weight excluding hydrogens is 234 g/mol. The summed E-state index contributed by atoms with van der Waals surface area (Å²) in [5, 5.41) is 4.01. The molecule has 1 saturated carbocycles. The second kappa shape index (κ2) is 4.51. The predicted molar refractivity (Wildman–Crippen MR) is 71.9 cm³/mol. The van der Waals surface area contributed by atoms with Crippen molar-refractivity contribution in [2.24, 2.45) is 5.41 Å². The number of benzene rings is 1. The fourth-order valence-corrected chi connectivity index (χ4v) is 2.59. The van der Waals surface area contributed by atoms with Gasteiger partial charge in [-0.15, -0.1) is 0 Å². The van der Waals surface area contributed by atoms with Crippen LogP contribution in [-0.2, 0) is 0 Å². The Kier molecular flexibility index (Phi) is 3.37. The van der Waals surface area contributed by atoms with E-state index in [0.717, 1.165) is 12.2 Å². The van der Waals surface area contributed by atoms with Gasteiger partial charge in [0.05, 0.1) is 5.02 Å². The van der Waals surface area contributed by atoms with E-state index in [1.54, 1.807) is 0 Å². The van der Waals surface area contributed by atoms with Crippen molar-refractivity contribution in [3.63, 3.8) is 0 Å². The van der Waals surface area contributed by atoms with Gasteiger partial charge in [-0.05, 0) is 31.7 Å². The van der Waals surface area contributed by atoms with E-state index < -0.39 is 0 Å². The zero-order valence-corrected chi connectivity index (χ0v) is 11.6. The number of halogens is 1. The second-order valence-electron chi connectivity index (χ2n) is 5.44. The second-order valence-corrected chi connectivity index (χ2v) is 5.85. The maximum atomic E-state index is 6.14. The largest absolute Gasteiger partial charge is 0.488 e. The van der Waals surface area contributed by atoms with Crippen molar-refractivity contribution in [3.05, 3.63) is 28.8 Å². The smallest absolute Gasteiger partial charge is 0.138 e. The molecule has 2 unspecified atom stereocenters. The van der Waals surface area contributed by atoms with Gasteiger partial charge in [0.15, 0.2) is 0 Å². The van der Waals surface area contributed by atoms with Gasteiger partial charge in [-0.1, -0.05) is 31.5 Å². The molecule has 2 atom stereocenters. The summed E-state index contributed by atoms with van der Waals surface area (Å²) in [6.45, 7) is 6.50. The van der Waals surface area contributed by atoms with Gasteiger partial charge in [0.25, 0.3) is 0 Å². The molecule has 0 aliphatic heterocycles. The molecule has 1 aromatic carbocycles. The summed E-state index contributed by atoms with van der Waals surface area (Å²) >= 11 is 6.14. The first kappa shape index (κ1) is 12.7. The highest BCUT2D eigenvalue weighted by atomic mass is 35.5. The Balaban J connectivity index is 2.10. The van der Waals surface area contributed by atoms with Gasteiger partial charge in [0.1, 0.15) is 11.9 Å². The molecule has 17 heavy (non-hydrogen) atoms. The van der Waals surface area contributed by atoms with Crippen molar-refractivity contribution >= 4 is 11.6 Å². The molecule has 1 aliphatic carbocycles. The van der Waals surface area contributed by atoms with Crippen LogP contribution in [0.1, 0.15) is 25.8 Å². The van der Waals surface area contributed by atoms with Crippen molar-refractivity contribution in [2.75, 3.05) is 7.05 Å². The molecule has 2 rings (SSSR count). The van der Waals surface area contributed by atoms with Gasteiger partial charge in [-0.25, -0.2) is 0 Å². The molecule has 1 fully saturated rings. The van der Waals surface area contributed by atoms with Crippen LogP contribution in [-0.4, -0.2) is 19.2 Å². The lowest BCUT2D eigenvalue weighted by Crippen LogP contribution is -2.61. The van der Waals surface area contributed by atoms with Crippen molar-refractivity contribution in [2.45, 2.75) is 39.3 Å². The van der Waals surface area contributed by atoms with Crippen LogP contribution in [0, 0.1) is 12.3 Å². The third-order valence-electron chi connectivity index (χ3n) is 3.88. The SMILES string of the molecule is CNC1CC(Oc2cc(C)ccc2Cl)C1(C)C. The molecule has 2 nitrogen and oxygen atoms in total. The molecule has 0 saturated heterocycles.